The molecular formula is C29H25N3O8. The number of non-ortho nitro benzene ring substituents is 1. The monoisotopic (exact) mass is 543 g/mol. The van der Waals surface area contributed by atoms with Crippen molar-refractivity contribution >= 4 is 29.4 Å². The molecule has 3 aromatic rings. The van der Waals surface area contributed by atoms with Crippen molar-refractivity contribution in [2.75, 3.05) is 0 Å². The van der Waals surface area contributed by atoms with Crippen LogP contribution < -0.4 is 10.1 Å². The number of aliphatic carboxylic acids is 1. The van der Waals surface area contributed by atoms with Crippen LogP contribution in [0.15, 0.2) is 78.9 Å². The van der Waals surface area contributed by atoms with E-state index in [0.29, 0.717) is 11.1 Å². The normalized spacial score (nSPS) is 23.6. The standard InChI is InChI=1S/C29H25N3O8/c1-17(33)40-22-13-9-20(10-14-22)25-23-24(27(35)31(26(23)34)16-19-5-3-2-4-6-19)29(30-25,28(36)37)15-18-7-11-21(12-8-18)32(38)39/h2-14,23-25,30H,15-16H2,1H3,(H,36,37). The van der Waals surface area contributed by atoms with Gasteiger partial charge in [0.2, 0.25) is 11.8 Å². The van der Waals surface area contributed by atoms with Crippen LogP contribution in [0.5, 0.6) is 5.75 Å². The molecular weight excluding hydrogens is 518 g/mol. The van der Waals surface area contributed by atoms with Crippen LogP contribution in [0.4, 0.5) is 5.69 Å². The molecule has 0 bridgehead atoms. The number of rotatable bonds is 8. The third kappa shape index (κ3) is 4.71. The third-order valence-electron chi connectivity index (χ3n) is 7.44. The summed E-state index contributed by atoms with van der Waals surface area (Å²) in [4.78, 5) is 63.7. The van der Waals surface area contributed by atoms with Gasteiger partial charge in [-0.25, -0.2) is 0 Å². The Hall–Kier alpha value is -4.90. The van der Waals surface area contributed by atoms with Gasteiger partial charge in [0.1, 0.15) is 11.3 Å². The van der Waals surface area contributed by atoms with Crippen molar-refractivity contribution in [2.24, 2.45) is 11.8 Å². The lowest BCUT2D eigenvalue weighted by Crippen LogP contribution is -2.57. The molecule has 2 N–H and O–H groups in total. The average molecular weight is 544 g/mol. The van der Waals surface area contributed by atoms with E-state index in [1.165, 1.54) is 43.3 Å². The molecule has 0 aliphatic carbocycles. The molecule has 0 saturated carbocycles. The molecule has 2 heterocycles. The van der Waals surface area contributed by atoms with E-state index in [0.717, 1.165) is 10.5 Å². The summed E-state index contributed by atoms with van der Waals surface area (Å²) in [5.74, 6) is -4.90. The van der Waals surface area contributed by atoms with E-state index in [2.05, 4.69) is 5.32 Å². The highest BCUT2D eigenvalue weighted by molar-refractivity contribution is 6.09. The Bertz CT molecular complexity index is 1490. The predicted octanol–water partition coefficient (Wildman–Crippen LogP) is 3.03. The van der Waals surface area contributed by atoms with Gasteiger partial charge in [0.25, 0.3) is 5.69 Å². The van der Waals surface area contributed by atoms with Crippen molar-refractivity contribution in [1.82, 2.24) is 10.2 Å². The lowest BCUT2D eigenvalue weighted by atomic mass is 9.76. The summed E-state index contributed by atoms with van der Waals surface area (Å²) >= 11 is 0. The van der Waals surface area contributed by atoms with Gasteiger partial charge in [-0.05, 0) is 28.8 Å². The smallest absolute Gasteiger partial charge is 0.325 e. The molecule has 0 radical (unpaired) electrons. The Labute approximate surface area is 228 Å². The molecule has 3 aromatic carbocycles. The number of imide groups is 1. The molecule has 4 unspecified atom stereocenters. The number of hydrogen-bond donors (Lipinski definition) is 2. The SMILES string of the molecule is CC(=O)Oc1ccc(C2NC(Cc3ccc([N+](=O)[O-])cc3)(C(=O)O)C3C(=O)N(Cc4ccccc4)C(=O)C23)cc1. The van der Waals surface area contributed by atoms with Crippen LogP contribution in [-0.2, 0) is 32.1 Å². The Morgan fingerprint density at radius 3 is 2.20 bits per heavy atom. The van der Waals surface area contributed by atoms with Gasteiger partial charge >= 0.3 is 11.9 Å². The van der Waals surface area contributed by atoms with Gasteiger partial charge < -0.3 is 9.84 Å². The number of carboxylic acid groups (broad SMARTS) is 1. The van der Waals surface area contributed by atoms with E-state index in [-0.39, 0.29) is 24.4 Å². The maximum atomic E-state index is 13.9. The fourth-order valence-corrected chi connectivity index (χ4v) is 5.67. The van der Waals surface area contributed by atoms with Gasteiger partial charge in [-0.15, -0.1) is 0 Å². The first-order chi connectivity index (χ1) is 19.1. The summed E-state index contributed by atoms with van der Waals surface area (Å²) in [6.45, 7) is 1.26. The third-order valence-corrected chi connectivity index (χ3v) is 7.44. The van der Waals surface area contributed by atoms with Crippen molar-refractivity contribution in [3.63, 3.8) is 0 Å². The number of esters is 1. The number of likely N-dealkylation sites (tertiary alicyclic amines) is 1. The van der Waals surface area contributed by atoms with Gasteiger partial charge in [0.05, 0.1) is 23.3 Å². The first-order valence-electron chi connectivity index (χ1n) is 12.5. The quantitative estimate of drug-likeness (QED) is 0.143. The fourth-order valence-electron chi connectivity index (χ4n) is 5.67. The highest BCUT2D eigenvalue weighted by atomic mass is 16.6. The van der Waals surface area contributed by atoms with Crippen molar-refractivity contribution < 1.29 is 33.9 Å². The number of ether oxygens (including phenoxy) is 1. The van der Waals surface area contributed by atoms with Crippen molar-refractivity contribution in [2.45, 2.75) is 31.5 Å². The molecule has 40 heavy (non-hydrogen) atoms. The van der Waals surface area contributed by atoms with E-state index < -0.39 is 52.1 Å². The topological polar surface area (TPSA) is 156 Å². The maximum absolute atomic E-state index is 13.9. The number of nitrogens with zero attached hydrogens (tertiary/aromatic N) is 2. The van der Waals surface area contributed by atoms with Crippen LogP contribution >= 0.6 is 0 Å². The van der Waals surface area contributed by atoms with Crippen LogP contribution in [0.25, 0.3) is 0 Å². The minimum absolute atomic E-state index is 0.00313. The lowest BCUT2D eigenvalue weighted by Gasteiger charge is -2.31. The zero-order chi connectivity index (χ0) is 28.6. The van der Waals surface area contributed by atoms with Gasteiger partial charge in [-0.1, -0.05) is 54.6 Å². The number of nitrogens with one attached hydrogen (secondary N) is 1. The average Bonchev–Trinajstić information content (AvgIpc) is 3.39. The van der Waals surface area contributed by atoms with Crippen LogP contribution in [0.2, 0.25) is 0 Å². The van der Waals surface area contributed by atoms with Crippen molar-refractivity contribution in [1.29, 1.82) is 0 Å². The van der Waals surface area contributed by atoms with Crippen LogP contribution in [0, 0.1) is 22.0 Å². The lowest BCUT2D eigenvalue weighted by molar-refractivity contribution is -0.384. The van der Waals surface area contributed by atoms with Crippen molar-refractivity contribution in [3.05, 3.63) is 106 Å². The van der Waals surface area contributed by atoms with E-state index in [1.54, 1.807) is 36.4 Å². The number of nitro benzene ring substituents is 1. The first-order valence-corrected chi connectivity index (χ1v) is 12.5. The molecule has 2 aliphatic rings. The predicted molar refractivity (Wildman–Crippen MR) is 140 cm³/mol. The zero-order valence-corrected chi connectivity index (χ0v) is 21.4. The molecule has 2 saturated heterocycles. The van der Waals surface area contributed by atoms with Gasteiger partial charge in [-0.2, -0.15) is 0 Å². The molecule has 5 rings (SSSR count). The number of carboxylic acids is 1. The first kappa shape index (κ1) is 26.7. The molecule has 11 heteroatoms. The minimum Gasteiger partial charge on any atom is -0.480 e. The molecule has 2 aliphatic heterocycles. The number of carbonyl (C=O) groups is 4. The van der Waals surface area contributed by atoms with E-state index >= 15 is 0 Å². The molecule has 204 valence electrons. The van der Waals surface area contributed by atoms with Crippen LogP contribution in [0.3, 0.4) is 0 Å². The largest absolute Gasteiger partial charge is 0.480 e. The van der Waals surface area contributed by atoms with Gasteiger partial charge in [0.15, 0.2) is 0 Å². The summed E-state index contributed by atoms with van der Waals surface area (Å²) in [6, 6.07) is 19.8. The Morgan fingerprint density at radius 2 is 1.62 bits per heavy atom. The second kappa shape index (κ2) is 10.3. The number of benzene rings is 3. The van der Waals surface area contributed by atoms with Crippen molar-refractivity contribution in [3.8, 4) is 5.75 Å². The molecule has 4 atom stereocenters. The van der Waals surface area contributed by atoms with Gasteiger partial charge in [-0.3, -0.25) is 39.5 Å². The second-order valence-corrected chi connectivity index (χ2v) is 9.91. The van der Waals surface area contributed by atoms with E-state index in [4.69, 9.17) is 4.74 Å². The highest BCUT2D eigenvalue weighted by Gasteiger charge is 2.68. The molecule has 0 aromatic heterocycles. The fraction of sp³-hybridized carbons (Fsp3) is 0.241. The summed E-state index contributed by atoms with van der Waals surface area (Å²) in [6.07, 6.45) is -0.193. The number of carbonyl (C=O) groups excluding carboxylic acids is 3. The van der Waals surface area contributed by atoms with Crippen LogP contribution in [-0.4, -0.2) is 44.2 Å². The van der Waals surface area contributed by atoms with Crippen LogP contribution in [0.1, 0.15) is 29.7 Å². The van der Waals surface area contributed by atoms with E-state index in [1.807, 2.05) is 6.07 Å². The van der Waals surface area contributed by atoms with Gasteiger partial charge in [0, 0.05) is 31.5 Å². The number of hydrogen-bond acceptors (Lipinski definition) is 8. The molecule has 11 nitrogen and oxygen atoms in total. The molecule has 2 fully saturated rings. The number of fused-ring (bicyclic) bond motifs is 1. The summed E-state index contributed by atoms with van der Waals surface area (Å²) in [7, 11) is 0. The Morgan fingerprint density at radius 1 is 0.975 bits per heavy atom. The summed E-state index contributed by atoms with van der Waals surface area (Å²) in [5.41, 5.74) is -0.321. The maximum Gasteiger partial charge on any atom is 0.325 e. The minimum atomic E-state index is -1.88. The number of amides is 2. The second-order valence-electron chi connectivity index (χ2n) is 9.91. The molecule has 0 spiro atoms. The summed E-state index contributed by atoms with van der Waals surface area (Å²) < 4.78 is 5.09. The highest BCUT2D eigenvalue weighted by Crippen LogP contribution is 2.50. The van der Waals surface area contributed by atoms with E-state index in [9.17, 15) is 34.4 Å². The summed E-state index contributed by atoms with van der Waals surface area (Å²) in [5, 5.41) is 24.8. The number of nitro groups is 1. The Kier molecular flexibility index (Phi) is 6.90. The molecule has 2 amide bonds. The Balaban J connectivity index is 1.56. The zero-order valence-electron chi connectivity index (χ0n) is 21.4.